The highest BCUT2D eigenvalue weighted by Crippen LogP contribution is 2.26. The zero-order chi connectivity index (χ0) is 14.2. The van der Waals surface area contributed by atoms with Crippen molar-refractivity contribution in [1.82, 2.24) is 4.90 Å². The number of sulfone groups is 1. The van der Waals surface area contributed by atoms with Crippen molar-refractivity contribution in [2.45, 2.75) is 24.5 Å². The van der Waals surface area contributed by atoms with Crippen LogP contribution in [-0.2, 0) is 22.7 Å². The molecule has 1 unspecified atom stereocenters. The zero-order valence-corrected chi connectivity index (χ0v) is 12.7. The molecule has 0 N–H and O–H groups in total. The average molecular weight is 295 g/mol. The van der Waals surface area contributed by atoms with Gasteiger partial charge in [-0.3, -0.25) is 0 Å². The highest BCUT2D eigenvalue weighted by Gasteiger charge is 2.29. The summed E-state index contributed by atoms with van der Waals surface area (Å²) >= 11 is 0. The molecule has 5 heteroatoms. The van der Waals surface area contributed by atoms with Crippen molar-refractivity contribution in [2.75, 3.05) is 32.5 Å². The SMILES string of the molecule is CS(=O)(=O)C1CCN(CCc2ccc3c(c2)CCO3)C1. The second kappa shape index (κ2) is 5.37. The molecule has 4 nitrogen and oxygen atoms in total. The van der Waals surface area contributed by atoms with E-state index in [-0.39, 0.29) is 5.25 Å². The van der Waals surface area contributed by atoms with Crippen LogP contribution in [0.25, 0.3) is 0 Å². The van der Waals surface area contributed by atoms with E-state index in [1.165, 1.54) is 17.4 Å². The van der Waals surface area contributed by atoms with Gasteiger partial charge in [0.2, 0.25) is 0 Å². The van der Waals surface area contributed by atoms with Crippen molar-refractivity contribution < 1.29 is 13.2 Å². The smallest absolute Gasteiger partial charge is 0.151 e. The van der Waals surface area contributed by atoms with E-state index in [0.29, 0.717) is 6.54 Å². The largest absolute Gasteiger partial charge is 0.493 e. The lowest BCUT2D eigenvalue weighted by atomic mass is 10.1. The molecule has 0 aliphatic carbocycles. The second-order valence-corrected chi connectivity index (χ2v) is 8.16. The van der Waals surface area contributed by atoms with E-state index < -0.39 is 9.84 Å². The van der Waals surface area contributed by atoms with Gasteiger partial charge in [0.05, 0.1) is 11.9 Å². The first-order valence-electron chi connectivity index (χ1n) is 7.18. The van der Waals surface area contributed by atoms with Crippen molar-refractivity contribution in [3.8, 4) is 5.75 Å². The van der Waals surface area contributed by atoms with Gasteiger partial charge in [0.25, 0.3) is 0 Å². The van der Waals surface area contributed by atoms with Gasteiger partial charge in [-0.05, 0) is 36.6 Å². The van der Waals surface area contributed by atoms with Crippen molar-refractivity contribution in [2.24, 2.45) is 0 Å². The summed E-state index contributed by atoms with van der Waals surface area (Å²) in [6.07, 6.45) is 4.10. The van der Waals surface area contributed by atoms with Crippen molar-refractivity contribution in [3.05, 3.63) is 29.3 Å². The maximum Gasteiger partial charge on any atom is 0.151 e. The Labute approximate surface area is 120 Å². The lowest BCUT2D eigenvalue weighted by Gasteiger charge is -2.15. The van der Waals surface area contributed by atoms with E-state index in [0.717, 1.165) is 44.7 Å². The average Bonchev–Trinajstić information content (AvgIpc) is 3.04. The van der Waals surface area contributed by atoms with Gasteiger partial charge in [-0.15, -0.1) is 0 Å². The molecule has 0 spiro atoms. The van der Waals surface area contributed by atoms with Crippen molar-refractivity contribution in [3.63, 3.8) is 0 Å². The number of nitrogens with zero attached hydrogens (tertiary/aromatic N) is 1. The summed E-state index contributed by atoms with van der Waals surface area (Å²) in [4.78, 5) is 2.26. The Kier molecular flexibility index (Phi) is 3.73. The molecule has 1 aromatic rings. The predicted octanol–water partition coefficient (Wildman–Crippen LogP) is 1.28. The molecule has 0 radical (unpaired) electrons. The Bertz CT molecular complexity index is 597. The van der Waals surface area contributed by atoms with Gasteiger partial charge in [-0.2, -0.15) is 0 Å². The van der Waals surface area contributed by atoms with Gasteiger partial charge in [-0.25, -0.2) is 8.42 Å². The highest BCUT2D eigenvalue weighted by molar-refractivity contribution is 7.91. The number of likely N-dealkylation sites (tertiary alicyclic amines) is 1. The number of hydrogen-bond acceptors (Lipinski definition) is 4. The van der Waals surface area contributed by atoms with Crippen LogP contribution in [0.1, 0.15) is 17.5 Å². The molecule has 1 saturated heterocycles. The minimum Gasteiger partial charge on any atom is -0.493 e. The number of hydrogen-bond donors (Lipinski definition) is 0. The maximum absolute atomic E-state index is 11.5. The molecule has 1 aromatic carbocycles. The summed E-state index contributed by atoms with van der Waals surface area (Å²) in [5, 5.41) is -0.170. The number of fused-ring (bicyclic) bond motifs is 1. The van der Waals surface area contributed by atoms with Gasteiger partial charge in [0.1, 0.15) is 5.75 Å². The van der Waals surface area contributed by atoms with Crippen LogP contribution in [-0.4, -0.2) is 51.1 Å². The lowest BCUT2D eigenvalue weighted by Crippen LogP contribution is -2.27. The van der Waals surface area contributed by atoms with Gasteiger partial charge in [0, 0.05) is 25.8 Å². The first-order chi connectivity index (χ1) is 9.52. The number of benzene rings is 1. The Morgan fingerprint density at radius 1 is 1.40 bits per heavy atom. The molecule has 20 heavy (non-hydrogen) atoms. The fourth-order valence-electron chi connectivity index (χ4n) is 3.03. The molecule has 0 aromatic heterocycles. The maximum atomic E-state index is 11.5. The van der Waals surface area contributed by atoms with Crippen LogP contribution in [0.15, 0.2) is 18.2 Å². The monoisotopic (exact) mass is 295 g/mol. The van der Waals surface area contributed by atoms with Gasteiger partial charge >= 0.3 is 0 Å². The summed E-state index contributed by atoms with van der Waals surface area (Å²) in [5.74, 6) is 1.02. The molecule has 1 atom stereocenters. The third kappa shape index (κ3) is 2.99. The van der Waals surface area contributed by atoms with E-state index in [2.05, 4.69) is 23.1 Å². The van der Waals surface area contributed by atoms with Crippen molar-refractivity contribution >= 4 is 9.84 Å². The Hall–Kier alpha value is -1.07. The Morgan fingerprint density at radius 2 is 2.25 bits per heavy atom. The summed E-state index contributed by atoms with van der Waals surface area (Å²) < 4.78 is 28.6. The lowest BCUT2D eigenvalue weighted by molar-refractivity contribution is 0.343. The Balaban J connectivity index is 1.56. The fourth-order valence-corrected chi connectivity index (χ4v) is 4.05. The third-order valence-corrected chi connectivity index (χ3v) is 5.90. The first kappa shape index (κ1) is 13.9. The molecule has 1 fully saturated rings. The minimum absolute atomic E-state index is 0.170. The van der Waals surface area contributed by atoms with Crippen LogP contribution in [0.5, 0.6) is 5.75 Å². The van der Waals surface area contributed by atoms with Gasteiger partial charge in [-0.1, -0.05) is 12.1 Å². The van der Waals surface area contributed by atoms with Crippen LogP contribution in [0.2, 0.25) is 0 Å². The third-order valence-electron chi connectivity index (χ3n) is 4.31. The zero-order valence-electron chi connectivity index (χ0n) is 11.8. The molecule has 2 heterocycles. The van der Waals surface area contributed by atoms with Crippen LogP contribution in [0.4, 0.5) is 0 Å². The van der Waals surface area contributed by atoms with E-state index in [4.69, 9.17) is 4.74 Å². The van der Waals surface area contributed by atoms with E-state index in [9.17, 15) is 8.42 Å². The van der Waals surface area contributed by atoms with Crippen LogP contribution < -0.4 is 4.74 Å². The normalized spacial score (nSPS) is 22.8. The topological polar surface area (TPSA) is 46.6 Å². The number of rotatable bonds is 4. The second-order valence-electron chi connectivity index (χ2n) is 5.83. The molecule has 0 bridgehead atoms. The summed E-state index contributed by atoms with van der Waals surface area (Å²) in [5.41, 5.74) is 2.62. The van der Waals surface area contributed by atoms with Gasteiger partial charge in [0.15, 0.2) is 9.84 Å². The van der Waals surface area contributed by atoms with E-state index in [1.54, 1.807) is 0 Å². The standard InChI is InChI=1S/C15H21NO3S/c1-20(17,18)14-5-8-16(11-14)7-4-12-2-3-15-13(10-12)6-9-19-15/h2-3,10,14H,4-9,11H2,1H3. The summed E-state index contributed by atoms with van der Waals surface area (Å²) in [6, 6.07) is 6.40. The van der Waals surface area contributed by atoms with E-state index >= 15 is 0 Å². The molecule has 2 aliphatic rings. The molecule has 110 valence electrons. The predicted molar refractivity (Wildman–Crippen MR) is 79.0 cm³/mol. The highest BCUT2D eigenvalue weighted by atomic mass is 32.2. The quantitative estimate of drug-likeness (QED) is 0.839. The molecule has 3 rings (SSSR count). The van der Waals surface area contributed by atoms with Gasteiger partial charge < -0.3 is 9.64 Å². The van der Waals surface area contributed by atoms with Crippen LogP contribution in [0.3, 0.4) is 0 Å². The van der Waals surface area contributed by atoms with Crippen LogP contribution in [0, 0.1) is 0 Å². The Morgan fingerprint density at radius 3 is 3.00 bits per heavy atom. The molecular formula is C15H21NO3S. The molecule has 2 aliphatic heterocycles. The fraction of sp³-hybridized carbons (Fsp3) is 0.600. The minimum atomic E-state index is -2.88. The first-order valence-corrected chi connectivity index (χ1v) is 9.13. The van der Waals surface area contributed by atoms with Crippen LogP contribution >= 0.6 is 0 Å². The summed E-state index contributed by atoms with van der Waals surface area (Å²) in [7, 11) is -2.88. The molecule has 0 saturated carbocycles. The van der Waals surface area contributed by atoms with E-state index in [1.807, 2.05) is 0 Å². The molecular weight excluding hydrogens is 274 g/mol. The van der Waals surface area contributed by atoms with Crippen molar-refractivity contribution in [1.29, 1.82) is 0 Å². The molecule has 0 amide bonds. The number of ether oxygens (including phenoxy) is 1. The summed E-state index contributed by atoms with van der Waals surface area (Å²) in [6.45, 7) is 3.31.